The number of aryl methyl sites for hydroxylation is 2. The Balaban J connectivity index is 1.34. The molecular formula is C21H23BrN4O3. The summed E-state index contributed by atoms with van der Waals surface area (Å²) in [6, 6.07) is 9.16. The molecule has 1 aliphatic carbocycles. The zero-order valence-electron chi connectivity index (χ0n) is 16.1. The molecule has 1 aliphatic heterocycles. The number of hydrogen-bond acceptors (Lipinski definition) is 4. The lowest BCUT2D eigenvalue weighted by Crippen LogP contribution is -2.37. The van der Waals surface area contributed by atoms with Crippen molar-refractivity contribution in [2.24, 2.45) is 5.92 Å². The number of nitrogens with zero attached hydrogens (tertiary/aromatic N) is 3. The lowest BCUT2D eigenvalue weighted by molar-refractivity contribution is -0.126. The highest BCUT2D eigenvalue weighted by Crippen LogP contribution is 2.27. The molecule has 8 heteroatoms. The minimum absolute atomic E-state index is 0.0594. The second-order valence-corrected chi connectivity index (χ2v) is 8.48. The fourth-order valence-corrected chi connectivity index (χ4v) is 4.35. The molecule has 4 rings (SSSR count). The van der Waals surface area contributed by atoms with E-state index in [1.54, 1.807) is 11.0 Å². The first-order chi connectivity index (χ1) is 14.0. The van der Waals surface area contributed by atoms with Gasteiger partial charge in [0.1, 0.15) is 0 Å². The van der Waals surface area contributed by atoms with E-state index in [4.69, 9.17) is 0 Å². The van der Waals surface area contributed by atoms with Crippen LogP contribution in [0.15, 0.2) is 39.6 Å². The van der Waals surface area contributed by atoms with E-state index in [1.807, 2.05) is 24.3 Å². The van der Waals surface area contributed by atoms with Gasteiger partial charge in [-0.1, -0.05) is 22.0 Å². The van der Waals surface area contributed by atoms with Gasteiger partial charge >= 0.3 is 0 Å². The van der Waals surface area contributed by atoms with E-state index in [-0.39, 0.29) is 23.8 Å². The van der Waals surface area contributed by atoms with Gasteiger partial charge in [-0.05, 0) is 49.4 Å². The average molecular weight is 459 g/mol. The second kappa shape index (κ2) is 8.49. The van der Waals surface area contributed by atoms with E-state index in [1.165, 1.54) is 4.68 Å². The van der Waals surface area contributed by atoms with Crippen molar-refractivity contribution in [3.05, 3.63) is 56.4 Å². The number of anilines is 1. The first-order valence-corrected chi connectivity index (χ1v) is 10.7. The maximum absolute atomic E-state index is 12.5. The van der Waals surface area contributed by atoms with Gasteiger partial charge in [0.25, 0.3) is 5.56 Å². The van der Waals surface area contributed by atoms with Crippen molar-refractivity contribution in [1.82, 2.24) is 15.1 Å². The van der Waals surface area contributed by atoms with Gasteiger partial charge in [0, 0.05) is 35.7 Å². The van der Waals surface area contributed by atoms with Crippen molar-refractivity contribution in [2.45, 2.75) is 38.6 Å². The Labute approximate surface area is 177 Å². The Hall–Kier alpha value is -2.48. The van der Waals surface area contributed by atoms with Gasteiger partial charge in [0.2, 0.25) is 11.8 Å². The van der Waals surface area contributed by atoms with Crippen LogP contribution in [0.4, 0.5) is 5.69 Å². The maximum Gasteiger partial charge on any atom is 0.267 e. The Morgan fingerprint density at radius 3 is 2.86 bits per heavy atom. The van der Waals surface area contributed by atoms with Gasteiger partial charge in [-0.15, -0.1) is 0 Å². The molecule has 29 heavy (non-hydrogen) atoms. The first-order valence-electron chi connectivity index (χ1n) is 9.95. The molecule has 0 radical (unpaired) electrons. The van der Waals surface area contributed by atoms with Crippen molar-refractivity contribution in [1.29, 1.82) is 0 Å². The Bertz CT molecular complexity index is 1000. The van der Waals surface area contributed by atoms with Gasteiger partial charge in [-0.3, -0.25) is 14.4 Å². The molecule has 1 fully saturated rings. The lowest BCUT2D eigenvalue weighted by atomic mass is 9.97. The molecule has 2 aromatic rings. The smallest absolute Gasteiger partial charge is 0.267 e. The molecule has 2 heterocycles. The molecule has 1 atom stereocenters. The molecule has 0 bridgehead atoms. The van der Waals surface area contributed by atoms with Crippen LogP contribution in [-0.4, -0.2) is 34.7 Å². The number of hydrogen-bond donors (Lipinski definition) is 1. The Morgan fingerprint density at radius 1 is 1.21 bits per heavy atom. The largest absolute Gasteiger partial charge is 0.354 e. The highest BCUT2D eigenvalue weighted by molar-refractivity contribution is 9.10. The molecule has 2 aliphatic rings. The van der Waals surface area contributed by atoms with Crippen LogP contribution in [0.2, 0.25) is 0 Å². The Morgan fingerprint density at radius 2 is 2.03 bits per heavy atom. The van der Waals surface area contributed by atoms with Crippen molar-refractivity contribution < 1.29 is 9.59 Å². The lowest BCUT2D eigenvalue weighted by Gasteiger charge is -2.17. The monoisotopic (exact) mass is 458 g/mol. The van der Waals surface area contributed by atoms with Crippen LogP contribution in [0.25, 0.3) is 0 Å². The third-order valence-electron chi connectivity index (χ3n) is 5.51. The van der Waals surface area contributed by atoms with Crippen LogP contribution in [0, 0.1) is 5.92 Å². The summed E-state index contributed by atoms with van der Waals surface area (Å²) in [7, 11) is 0. The number of carbonyl (C=O) groups is 2. The number of rotatable bonds is 5. The normalized spacial score (nSPS) is 18.6. The minimum atomic E-state index is -0.394. The summed E-state index contributed by atoms with van der Waals surface area (Å²) in [5, 5.41) is 7.32. The van der Waals surface area contributed by atoms with Crippen molar-refractivity contribution in [3.8, 4) is 0 Å². The van der Waals surface area contributed by atoms with Crippen LogP contribution in [0.3, 0.4) is 0 Å². The summed E-state index contributed by atoms with van der Waals surface area (Å²) < 4.78 is 2.32. The van der Waals surface area contributed by atoms with Gasteiger partial charge in [0.05, 0.1) is 18.2 Å². The third kappa shape index (κ3) is 4.42. The summed E-state index contributed by atoms with van der Waals surface area (Å²) in [5.41, 5.74) is 2.70. The SMILES string of the molecule is O=C(NCCn1nc2c(cc1=O)CCCC2)C1CC(=O)N(c2cccc(Br)c2)C1. The van der Waals surface area contributed by atoms with E-state index in [2.05, 4.69) is 26.3 Å². The van der Waals surface area contributed by atoms with Crippen LogP contribution in [-0.2, 0) is 29.0 Å². The molecule has 1 saturated heterocycles. The van der Waals surface area contributed by atoms with Crippen LogP contribution in [0.5, 0.6) is 0 Å². The average Bonchev–Trinajstić information content (AvgIpc) is 3.10. The first kappa shape index (κ1) is 19.8. The molecule has 1 unspecified atom stereocenters. The van der Waals surface area contributed by atoms with E-state index < -0.39 is 5.92 Å². The van der Waals surface area contributed by atoms with Crippen molar-refractivity contribution in [3.63, 3.8) is 0 Å². The highest BCUT2D eigenvalue weighted by Gasteiger charge is 2.35. The summed E-state index contributed by atoms with van der Waals surface area (Å²) in [4.78, 5) is 38.8. The molecule has 7 nitrogen and oxygen atoms in total. The maximum atomic E-state index is 12.5. The zero-order chi connectivity index (χ0) is 20.4. The predicted molar refractivity (Wildman–Crippen MR) is 113 cm³/mol. The Kier molecular flexibility index (Phi) is 5.80. The predicted octanol–water partition coefficient (Wildman–Crippen LogP) is 2.05. The number of nitrogens with one attached hydrogen (secondary N) is 1. The molecule has 0 spiro atoms. The number of aromatic nitrogens is 2. The van der Waals surface area contributed by atoms with E-state index in [9.17, 15) is 14.4 Å². The highest BCUT2D eigenvalue weighted by atomic mass is 79.9. The van der Waals surface area contributed by atoms with Gasteiger partial charge in [-0.25, -0.2) is 4.68 Å². The standard InChI is InChI=1S/C21H23BrN4O3/c22-16-5-3-6-17(12-16)25-13-15(11-19(25)27)21(29)23-8-9-26-20(28)10-14-4-1-2-7-18(14)24-26/h3,5-6,10,12,15H,1-2,4,7-9,11,13H2,(H,23,29). The van der Waals surface area contributed by atoms with E-state index >= 15 is 0 Å². The molecule has 1 aromatic heterocycles. The van der Waals surface area contributed by atoms with E-state index in [0.29, 0.717) is 19.6 Å². The van der Waals surface area contributed by atoms with Crippen molar-refractivity contribution in [2.75, 3.05) is 18.0 Å². The minimum Gasteiger partial charge on any atom is -0.354 e. The molecule has 2 amide bonds. The second-order valence-electron chi connectivity index (χ2n) is 7.56. The molecule has 0 saturated carbocycles. The summed E-state index contributed by atoms with van der Waals surface area (Å²) in [6.07, 6.45) is 4.21. The van der Waals surface area contributed by atoms with Crippen LogP contribution >= 0.6 is 15.9 Å². The molecular weight excluding hydrogens is 436 g/mol. The number of benzene rings is 1. The van der Waals surface area contributed by atoms with Crippen molar-refractivity contribution >= 4 is 33.4 Å². The van der Waals surface area contributed by atoms with Gasteiger partial charge in [-0.2, -0.15) is 5.10 Å². The molecule has 1 aromatic carbocycles. The van der Waals surface area contributed by atoms with Gasteiger partial charge in [0.15, 0.2) is 0 Å². The number of carbonyl (C=O) groups excluding carboxylic acids is 2. The summed E-state index contributed by atoms with van der Waals surface area (Å²) in [5.74, 6) is -0.618. The fraction of sp³-hybridized carbons (Fsp3) is 0.429. The van der Waals surface area contributed by atoms with Gasteiger partial charge < -0.3 is 10.2 Å². The molecule has 1 N–H and O–H groups in total. The van der Waals surface area contributed by atoms with Crippen LogP contribution < -0.4 is 15.8 Å². The van der Waals surface area contributed by atoms with E-state index in [0.717, 1.165) is 47.1 Å². The third-order valence-corrected chi connectivity index (χ3v) is 6.01. The number of amides is 2. The quantitative estimate of drug-likeness (QED) is 0.742. The summed E-state index contributed by atoms with van der Waals surface area (Å²) >= 11 is 3.41. The topological polar surface area (TPSA) is 84.3 Å². The number of fused-ring (bicyclic) bond motifs is 1. The fourth-order valence-electron chi connectivity index (χ4n) is 3.97. The summed E-state index contributed by atoms with van der Waals surface area (Å²) in [6.45, 7) is 0.998. The molecule has 152 valence electrons. The van der Waals surface area contributed by atoms with Crippen LogP contribution in [0.1, 0.15) is 30.5 Å². The number of halogens is 1. The zero-order valence-corrected chi connectivity index (χ0v) is 17.7.